The van der Waals surface area contributed by atoms with Crippen molar-refractivity contribution in [2.24, 2.45) is 5.92 Å². The van der Waals surface area contributed by atoms with Gasteiger partial charge in [0.2, 0.25) is 5.91 Å². The van der Waals surface area contributed by atoms with E-state index in [1.54, 1.807) is 0 Å². The topological polar surface area (TPSA) is 46.2 Å². The highest BCUT2D eigenvalue weighted by Crippen LogP contribution is 2.19. The van der Waals surface area contributed by atoms with Crippen molar-refractivity contribution in [3.8, 4) is 0 Å². The first kappa shape index (κ1) is 17.9. The molecule has 1 aliphatic rings. The molecule has 21 heavy (non-hydrogen) atoms. The van der Waals surface area contributed by atoms with Crippen LogP contribution in [0.15, 0.2) is 12.2 Å². The van der Waals surface area contributed by atoms with Crippen LogP contribution in [0.4, 0.5) is 0 Å². The third-order valence-electron chi connectivity index (χ3n) is 4.22. The molecular weight excluding hydrogens is 262 g/mol. The van der Waals surface area contributed by atoms with E-state index < -0.39 is 0 Å². The summed E-state index contributed by atoms with van der Waals surface area (Å²) < 4.78 is 0. The summed E-state index contributed by atoms with van der Waals surface area (Å²) in [5, 5.41) is 2.84. The van der Waals surface area contributed by atoms with Crippen LogP contribution >= 0.6 is 0 Å². The number of Topliss-reactive ketones (excluding diaryl/α,β-unsaturated/α-hetero) is 1. The molecule has 0 aliphatic carbocycles. The molecule has 0 aromatic heterocycles. The Morgan fingerprint density at radius 3 is 2.67 bits per heavy atom. The molecule has 1 saturated heterocycles. The Kier molecular flexibility index (Phi) is 9.84. The number of hydrogen-bond donors (Lipinski definition) is 1. The molecule has 3 heteroatoms. The number of rotatable bonds is 10. The number of nitrogens with one attached hydrogen (secondary N) is 1. The van der Waals surface area contributed by atoms with Crippen LogP contribution in [0.2, 0.25) is 0 Å². The molecule has 0 aromatic carbocycles. The second-order valence-electron chi connectivity index (χ2n) is 6.09. The average molecular weight is 293 g/mol. The van der Waals surface area contributed by atoms with E-state index in [9.17, 15) is 9.59 Å². The van der Waals surface area contributed by atoms with Gasteiger partial charge in [0.05, 0.1) is 0 Å². The molecule has 1 unspecified atom stereocenters. The molecule has 1 amide bonds. The fraction of sp³-hybridized carbons (Fsp3) is 0.778. The zero-order chi connectivity index (χ0) is 15.3. The first-order chi connectivity index (χ1) is 10.2. The average Bonchev–Trinajstić information content (AvgIpc) is 2.70. The van der Waals surface area contributed by atoms with E-state index in [4.69, 9.17) is 0 Å². The van der Waals surface area contributed by atoms with Crippen LogP contribution in [0.1, 0.15) is 77.6 Å². The monoisotopic (exact) mass is 293 g/mol. The predicted molar refractivity (Wildman–Crippen MR) is 87.1 cm³/mol. The van der Waals surface area contributed by atoms with Gasteiger partial charge in [0.1, 0.15) is 5.78 Å². The van der Waals surface area contributed by atoms with Gasteiger partial charge >= 0.3 is 0 Å². The molecule has 1 fully saturated rings. The lowest BCUT2D eigenvalue weighted by Gasteiger charge is -2.11. The summed E-state index contributed by atoms with van der Waals surface area (Å²) in [5.41, 5.74) is 0. The van der Waals surface area contributed by atoms with Gasteiger partial charge in [-0.15, -0.1) is 0 Å². The van der Waals surface area contributed by atoms with E-state index in [0.29, 0.717) is 18.6 Å². The van der Waals surface area contributed by atoms with Crippen LogP contribution < -0.4 is 5.32 Å². The maximum atomic E-state index is 12.1. The number of hydrogen-bond acceptors (Lipinski definition) is 2. The van der Waals surface area contributed by atoms with Crippen LogP contribution in [0.25, 0.3) is 0 Å². The van der Waals surface area contributed by atoms with E-state index >= 15 is 0 Å². The molecule has 0 aromatic rings. The van der Waals surface area contributed by atoms with E-state index in [1.807, 2.05) is 0 Å². The lowest BCUT2D eigenvalue weighted by molar-refractivity contribution is -0.128. The maximum Gasteiger partial charge on any atom is 0.220 e. The molecule has 1 N–H and O–H groups in total. The van der Waals surface area contributed by atoms with Crippen LogP contribution in [0, 0.1) is 5.92 Å². The first-order valence-corrected chi connectivity index (χ1v) is 8.64. The van der Waals surface area contributed by atoms with Crippen LogP contribution in [0.5, 0.6) is 0 Å². The largest absolute Gasteiger partial charge is 0.356 e. The summed E-state index contributed by atoms with van der Waals surface area (Å²) in [7, 11) is 0. The highest BCUT2D eigenvalue weighted by atomic mass is 16.2. The Hall–Kier alpha value is -1.12. The van der Waals surface area contributed by atoms with Gasteiger partial charge in [-0.1, -0.05) is 37.8 Å². The van der Waals surface area contributed by atoms with Crippen molar-refractivity contribution in [2.75, 3.05) is 6.54 Å². The molecule has 0 spiro atoms. The minimum Gasteiger partial charge on any atom is -0.356 e. The minimum atomic E-state index is -0.0201. The molecule has 1 heterocycles. The van der Waals surface area contributed by atoms with E-state index in [1.165, 1.54) is 32.1 Å². The van der Waals surface area contributed by atoms with Gasteiger partial charge in [-0.05, 0) is 39.0 Å². The quantitative estimate of drug-likeness (QED) is 0.485. The Morgan fingerprint density at radius 2 is 1.90 bits per heavy atom. The van der Waals surface area contributed by atoms with Crippen LogP contribution in [-0.2, 0) is 9.59 Å². The SMILES string of the molecule is CC=CCCCCCCCCC(=O)C1CCCNC(=O)C1. The van der Waals surface area contributed by atoms with Gasteiger partial charge in [0.15, 0.2) is 0 Å². The number of carbonyl (C=O) groups is 2. The zero-order valence-corrected chi connectivity index (χ0v) is 13.5. The van der Waals surface area contributed by atoms with E-state index in [-0.39, 0.29) is 11.8 Å². The number of allylic oxidation sites excluding steroid dienone is 2. The minimum absolute atomic E-state index is 0.0201. The second kappa shape index (κ2) is 11.5. The van der Waals surface area contributed by atoms with Gasteiger partial charge in [-0.2, -0.15) is 0 Å². The van der Waals surface area contributed by atoms with Crippen LogP contribution in [0.3, 0.4) is 0 Å². The smallest absolute Gasteiger partial charge is 0.220 e. The summed E-state index contributed by atoms with van der Waals surface area (Å²) in [4.78, 5) is 23.6. The molecule has 0 bridgehead atoms. The predicted octanol–water partition coefficient (Wildman–Crippen LogP) is 4.17. The van der Waals surface area contributed by atoms with Gasteiger partial charge in [0, 0.05) is 25.3 Å². The Balaban J connectivity index is 2.01. The third-order valence-corrected chi connectivity index (χ3v) is 4.22. The van der Waals surface area contributed by atoms with Crippen LogP contribution in [-0.4, -0.2) is 18.2 Å². The fourth-order valence-electron chi connectivity index (χ4n) is 2.89. The summed E-state index contributed by atoms with van der Waals surface area (Å²) >= 11 is 0. The van der Waals surface area contributed by atoms with Crippen molar-refractivity contribution < 1.29 is 9.59 Å². The third kappa shape index (κ3) is 8.69. The fourth-order valence-corrected chi connectivity index (χ4v) is 2.89. The highest BCUT2D eigenvalue weighted by Gasteiger charge is 2.23. The lowest BCUT2D eigenvalue weighted by Crippen LogP contribution is -2.24. The summed E-state index contributed by atoms with van der Waals surface area (Å²) in [6.45, 7) is 2.80. The molecule has 1 aliphatic heterocycles. The van der Waals surface area contributed by atoms with Crippen molar-refractivity contribution in [1.82, 2.24) is 5.32 Å². The highest BCUT2D eigenvalue weighted by molar-refractivity contribution is 5.87. The zero-order valence-electron chi connectivity index (χ0n) is 13.5. The van der Waals surface area contributed by atoms with Gasteiger partial charge in [-0.25, -0.2) is 0 Å². The van der Waals surface area contributed by atoms with Crippen molar-refractivity contribution in [3.05, 3.63) is 12.2 Å². The maximum absolute atomic E-state index is 12.1. The second-order valence-corrected chi connectivity index (χ2v) is 6.09. The van der Waals surface area contributed by atoms with Crippen molar-refractivity contribution in [1.29, 1.82) is 0 Å². The molecule has 0 radical (unpaired) electrons. The number of amides is 1. The molecule has 3 nitrogen and oxygen atoms in total. The number of carbonyl (C=O) groups excluding carboxylic acids is 2. The van der Waals surface area contributed by atoms with Gasteiger partial charge in [-0.3, -0.25) is 9.59 Å². The first-order valence-electron chi connectivity index (χ1n) is 8.64. The molecule has 120 valence electrons. The molecule has 0 saturated carbocycles. The Labute approximate surface area is 129 Å². The molecular formula is C18H31NO2. The Bertz CT molecular complexity index is 336. The number of ketones is 1. The number of unbranched alkanes of at least 4 members (excludes halogenated alkanes) is 6. The van der Waals surface area contributed by atoms with Gasteiger partial charge < -0.3 is 5.32 Å². The van der Waals surface area contributed by atoms with E-state index in [2.05, 4.69) is 24.4 Å². The van der Waals surface area contributed by atoms with Crippen molar-refractivity contribution >= 4 is 11.7 Å². The summed E-state index contributed by atoms with van der Waals surface area (Å²) in [5.74, 6) is 0.334. The lowest BCUT2D eigenvalue weighted by atomic mass is 9.92. The standard InChI is InChI=1S/C18H31NO2/c1-2-3-4-5-6-7-8-9-10-13-17(20)16-12-11-14-19-18(21)15-16/h2-3,16H,4-15H2,1H3,(H,19,21). The summed E-state index contributed by atoms with van der Waals surface area (Å²) in [6.07, 6.45) is 15.6. The molecule has 1 atom stereocenters. The summed E-state index contributed by atoms with van der Waals surface area (Å²) in [6, 6.07) is 0. The molecule has 1 rings (SSSR count). The van der Waals surface area contributed by atoms with Crippen molar-refractivity contribution in [2.45, 2.75) is 77.6 Å². The Morgan fingerprint density at radius 1 is 1.19 bits per heavy atom. The van der Waals surface area contributed by atoms with Gasteiger partial charge in [0.25, 0.3) is 0 Å². The van der Waals surface area contributed by atoms with E-state index in [0.717, 1.165) is 32.2 Å². The normalized spacial score (nSPS) is 19.5. The van der Waals surface area contributed by atoms with Crippen molar-refractivity contribution in [3.63, 3.8) is 0 Å².